The molecule has 5 heteroatoms. The Morgan fingerprint density at radius 3 is 2.78 bits per heavy atom. The average Bonchev–Trinajstić information content (AvgIpc) is 2.40. The second kappa shape index (κ2) is 5.60. The molecule has 2 aromatic rings. The van der Waals surface area contributed by atoms with Crippen LogP contribution in [0, 0.1) is 0 Å². The van der Waals surface area contributed by atoms with E-state index in [4.69, 9.17) is 11.6 Å². The predicted octanol–water partition coefficient (Wildman–Crippen LogP) is 2.62. The molecule has 1 heterocycles. The van der Waals surface area contributed by atoms with Crippen LogP contribution in [0.5, 0.6) is 0 Å². The number of hydrogen-bond donors (Lipinski definition) is 1. The number of carbonyl (C=O) groups is 1. The number of carbonyl (C=O) groups excluding carboxylic acids is 1. The van der Waals surface area contributed by atoms with Crippen LogP contribution in [0.2, 0.25) is 5.02 Å². The van der Waals surface area contributed by atoms with Gasteiger partial charge in [-0.2, -0.15) is 0 Å². The molecule has 0 fully saturated rings. The summed E-state index contributed by atoms with van der Waals surface area (Å²) in [6.07, 6.45) is 4.43. The highest BCUT2D eigenvalue weighted by Gasteiger charge is 2.14. The van der Waals surface area contributed by atoms with Crippen molar-refractivity contribution in [1.29, 1.82) is 0 Å². The van der Waals surface area contributed by atoms with Crippen molar-refractivity contribution in [2.75, 3.05) is 0 Å². The van der Waals surface area contributed by atoms with E-state index in [0.29, 0.717) is 5.02 Å². The number of nitrogens with one attached hydrogen (secondary N) is 1. The Kier molecular flexibility index (Phi) is 3.89. The summed E-state index contributed by atoms with van der Waals surface area (Å²) < 4.78 is 0. The van der Waals surface area contributed by atoms with Crippen molar-refractivity contribution in [3.8, 4) is 0 Å². The maximum atomic E-state index is 11.9. The minimum absolute atomic E-state index is 0.187. The topological polar surface area (TPSA) is 54.9 Å². The normalized spacial score (nSPS) is 11.9. The number of amides is 1. The molecule has 0 saturated heterocycles. The van der Waals surface area contributed by atoms with Crippen LogP contribution in [0.25, 0.3) is 0 Å². The van der Waals surface area contributed by atoms with Crippen LogP contribution in [0.3, 0.4) is 0 Å². The second-order valence-corrected chi connectivity index (χ2v) is 4.21. The maximum Gasteiger partial charge on any atom is 0.271 e. The molecule has 0 unspecified atom stereocenters. The van der Waals surface area contributed by atoms with Gasteiger partial charge in [-0.25, -0.2) is 4.98 Å². The molecule has 1 atom stereocenters. The smallest absolute Gasteiger partial charge is 0.271 e. The lowest BCUT2D eigenvalue weighted by Gasteiger charge is -2.15. The molecule has 1 aromatic heterocycles. The van der Waals surface area contributed by atoms with E-state index in [1.165, 1.54) is 18.6 Å². The van der Waals surface area contributed by atoms with Gasteiger partial charge in [0.25, 0.3) is 5.91 Å². The molecule has 18 heavy (non-hydrogen) atoms. The molecule has 92 valence electrons. The zero-order valence-electron chi connectivity index (χ0n) is 9.80. The molecule has 1 aromatic carbocycles. The summed E-state index contributed by atoms with van der Waals surface area (Å²) in [5.74, 6) is -0.268. The summed E-state index contributed by atoms with van der Waals surface area (Å²) >= 11 is 6.07. The van der Waals surface area contributed by atoms with Crippen LogP contribution in [-0.2, 0) is 0 Å². The summed E-state index contributed by atoms with van der Waals surface area (Å²) in [6.45, 7) is 1.87. The zero-order valence-corrected chi connectivity index (χ0v) is 10.6. The number of nitrogens with zero attached hydrogens (tertiary/aromatic N) is 2. The van der Waals surface area contributed by atoms with Crippen molar-refractivity contribution in [2.24, 2.45) is 0 Å². The molecule has 1 amide bonds. The Labute approximate surface area is 110 Å². The van der Waals surface area contributed by atoms with Crippen molar-refractivity contribution in [2.45, 2.75) is 13.0 Å². The highest BCUT2D eigenvalue weighted by atomic mass is 35.5. The Hall–Kier alpha value is -1.94. The van der Waals surface area contributed by atoms with Gasteiger partial charge in [-0.3, -0.25) is 9.78 Å². The number of hydrogen-bond acceptors (Lipinski definition) is 3. The number of halogens is 1. The Balaban J connectivity index is 2.11. The van der Waals surface area contributed by atoms with Crippen LogP contribution in [0.15, 0.2) is 42.9 Å². The summed E-state index contributed by atoms with van der Waals surface area (Å²) in [7, 11) is 0. The summed E-state index contributed by atoms with van der Waals surface area (Å²) in [5, 5.41) is 3.46. The van der Waals surface area contributed by atoms with Crippen molar-refractivity contribution < 1.29 is 4.79 Å². The van der Waals surface area contributed by atoms with Crippen LogP contribution < -0.4 is 5.32 Å². The largest absolute Gasteiger partial charge is 0.344 e. The lowest BCUT2D eigenvalue weighted by atomic mass is 10.1. The molecule has 0 spiro atoms. The van der Waals surface area contributed by atoms with E-state index in [0.717, 1.165) is 5.56 Å². The molecule has 0 saturated carbocycles. The Morgan fingerprint density at radius 1 is 1.33 bits per heavy atom. The van der Waals surface area contributed by atoms with Crippen LogP contribution in [0.4, 0.5) is 0 Å². The predicted molar refractivity (Wildman–Crippen MR) is 69.4 cm³/mol. The first-order valence-corrected chi connectivity index (χ1v) is 5.87. The molecule has 1 N–H and O–H groups in total. The first-order chi connectivity index (χ1) is 8.68. The minimum Gasteiger partial charge on any atom is -0.344 e. The van der Waals surface area contributed by atoms with E-state index in [-0.39, 0.29) is 17.6 Å². The molecular formula is C13H12ClN3O. The fourth-order valence-electron chi connectivity index (χ4n) is 1.59. The zero-order chi connectivity index (χ0) is 13.0. The van der Waals surface area contributed by atoms with Gasteiger partial charge in [-0.05, 0) is 18.6 Å². The van der Waals surface area contributed by atoms with Gasteiger partial charge in [0.15, 0.2) is 0 Å². The fourth-order valence-corrected chi connectivity index (χ4v) is 1.89. The molecule has 0 aliphatic carbocycles. The van der Waals surface area contributed by atoms with Gasteiger partial charge in [0.05, 0.1) is 12.2 Å². The molecule has 0 radical (unpaired) electrons. The van der Waals surface area contributed by atoms with Crippen LogP contribution in [0.1, 0.15) is 29.0 Å². The molecule has 4 nitrogen and oxygen atoms in total. The van der Waals surface area contributed by atoms with Gasteiger partial charge in [0, 0.05) is 17.4 Å². The van der Waals surface area contributed by atoms with E-state index in [2.05, 4.69) is 15.3 Å². The standard InChI is InChI=1S/C13H12ClN3O/c1-9(10-4-2-3-5-11(10)14)17-13(18)12-8-15-6-7-16-12/h2-9H,1H3,(H,17,18)/t9-/m1/s1. The summed E-state index contributed by atoms with van der Waals surface area (Å²) in [4.78, 5) is 19.7. The maximum absolute atomic E-state index is 11.9. The monoisotopic (exact) mass is 261 g/mol. The highest BCUT2D eigenvalue weighted by Crippen LogP contribution is 2.22. The lowest BCUT2D eigenvalue weighted by molar-refractivity contribution is 0.0934. The third kappa shape index (κ3) is 2.84. The second-order valence-electron chi connectivity index (χ2n) is 3.81. The molecule has 0 aliphatic heterocycles. The molecule has 2 rings (SSSR count). The van der Waals surface area contributed by atoms with E-state index >= 15 is 0 Å². The number of benzene rings is 1. The van der Waals surface area contributed by atoms with E-state index in [1.807, 2.05) is 25.1 Å². The van der Waals surface area contributed by atoms with E-state index in [9.17, 15) is 4.79 Å². The van der Waals surface area contributed by atoms with Crippen molar-refractivity contribution >= 4 is 17.5 Å². The van der Waals surface area contributed by atoms with Crippen molar-refractivity contribution in [3.63, 3.8) is 0 Å². The summed E-state index contributed by atoms with van der Waals surface area (Å²) in [6, 6.07) is 7.22. The number of aromatic nitrogens is 2. The van der Waals surface area contributed by atoms with Gasteiger partial charge < -0.3 is 5.32 Å². The van der Waals surface area contributed by atoms with Gasteiger partial charge >= 0.3 is 0 Å². The molecule has 0 aliphatic rings. The van der Waals surface area contributed by atoms with Crippen molar-refractivity contribution in [1.82, 2.24) is 15.3 Å². The molecule has 0 bridgehead atoms. The van der Waals surface area contributed by atoms with Gasteiger partial charge in [0.2, 0.25) is 0 Å². The average molecular weight is 262 g/mol. The third-order valence-corrected chi connectivity index (χ3v) is 2.86. The van der Waals surface area contributed by atoms with E-state index in [1.54, 1.807) is 6.07 Å². The molecular weight excluding hydrogens is 250 g/mol. The first-order valence-electron chi connectivity index (χ1n) is 5.50. The SMILES string of the molecule is C[C@@H](NC(=O)c1cnccn1)c1ccccc1Cl. The Morgan fingerprint density at radius 2 is 2.11 bits per heavy atom. The van der Waals surface area contributed by atoms with Gasteiger partial charge in [-0.15, -0.1) is 0 Å². The van der Waals surface area contributed by atoms with E-state index < -0.39 is 0 Å². The van der Waals surface area contributed by atoms with Crippen LogP contribution >= 0.6 is 11.6 Å². The quantitative estimate of drug-likeness (QED) is 0.924. The number of rotatable bonds is 3. The lowest BCUT2D eigenvalue weighted by Crippen LogP contribution is -2.27. The van der Waals surface area contributed by atoms with Gasteiger partial charge in [-0.1, -0.05) is 29.8 Å². The first kappa shape index (κ1) is 12.5. The van der Waals surface area contributed by atoms with Crippen LogP contribution in [-0.4, -0.2) is 15.9 Å². The minimum atomic E-state index is -0.268. The van der Waals surface area contributed by atoms with Crippen molar-refractivity contribution in [3.05, 3.63) is 59.1 Å². The Bertz CT molecular complexity index is 545. The highest BCUT2D eigenvalue weighted by molar-refractivity contribution is 6.31. The van der Waals surface area contributed by atoms with Gasteiger partial charge in [0.1, 0.15) is 5.69 Å². The fraction of sp³-hybridized carbons (Fsp3) is 0.154. The summed E-state index contributed by atoms with van der Waals surface area (Å²) in [5.41, 5.74) is 1.16. The third-order valence-electron chi connectivity index (χ3n) is 2.52.